The summed E-state index contributed by atoms with van der Waals surface area (Å²) < 4.78 is 15.8. The van der Waals surface area contributed by atoms with Crippen molar-refractivity contribution in [3.63, 3.8) is 0 Å². The van der Waals surface area contributed by atoms with Gasteiger partial charge >= 0.3 is 0 Å². The second kappa shape index (κ2) is 8.05. The number of rotatable bonds is 6. The van der Waals surface area contributed by atoms with Crippen LogP contribution in [0.15, 0.2) is 36.4 Å². The Bertz CT molecular complexity index is 747. The maximum atomic E-state index is 12.4. The second-order valence-electron chi connectivity index (χ2n) is 5.13. The summed E-state index contributed by atoms with van der Waals surface area (Å²) in [6, 6.07) is 9.85. The number of amides is 2. The van der Waals surface area contributed by atoms with Crippen LogP contribution < -0.4 is 24.8 Å². The Hall–Kier alpha value is -3.22. The number of carbonyl (C=O) groups excluding carboxylic acids is 2. The molecule has 2 N–H and O–H groups in total. The molecule has 2 aromatic rings. The Morgan fingerprint density at radius 1 is 0.800 bits per heavy atom. The second-order valence-corrected chi connectivity index (χ2v) is 5.13. The van der Waals surface area contributed by atoms with Gasteiger partial charge in [-0.2, -0.15) is 0 Å². The minimum Gasteiger partial charge on any atom is -0.493 e. The van der Waals surface area contributed by atoms with E-state index in [-0.39, 0.29) is 11.8 Å². The van der Waals surface area contributed by atoms with Gasteiger partial charge in [0, 0.05) is 36.0 Å². The third-order valence-corrected chi connectivity index (χ3v) is 3.39. The van der Waals surface area contributed by atoms with Gasteiger partial charge in [-0.05, 0) is 24.3 Å². The van der Waals surface area contributed by atoms with Crippen molar-refractivity contribution in [2.75, 3.05) is 32.0 Å². The van der Waals surface area contributed by atoms with Crippen molar-refractivity contribution in [2.45, 2.75) is 6.92 Å². The largest absolute Gasteiger partial charge is 0.493 e. The van der Waals surface area contributed by atoms with Gasteiger partial charge in [0.15, 0.2) is 11.5 Å². The maximum Gasteiger partial charge on any atom is 0.255 e. The first-order valence-corrected chi connectivity index (χ1v) is 7.47. The van der Waals surface area contributed by atoms with Crippen molar-refractivity contribution < 1.29 is 23.8 Å². The summed E-state index contributed by atoms with van der Waals surface area (Å²) in [5.74, 6) is 0.859. The maximum absolute atomic E-state index is 12.4. The fourth-order valence-electron chi connectivity index (χ4n) is 2.26. The van der Waals surface area contributed by atoms with E-state index in [1.807, 2.05) is 0 Å². The highest BCUT2D eigenvalue weighted by Gasteiger charge is 2.15. The normalized spacial score (nSPS) is 9.92. The molecule has 7 nitrogen and oxygen atoms in total. The van der Waals surface area contributed by atoms with E-state index in [1.54, 1.807) is 36.4 Å². The van der Waals surface area contributed by atoms with Gasteiger partial charge in [0.25, 0.3) is 5.91 Å². The van der Waals surface area contributed by atoms with Gasteiger partial charge in [-0.15, -0.1) is 0 Å². The Balaban J connectivity index is 2.21. The topological polar surface area (TPSA) is 85.9 Å². The number of carbonyl (C=O) groups is 2. The highest BCUT2D eigenvalue weighted by Crippen LogP contribution is 2.40. The minimum absolute atomic E-state index is 0.172. The van der Waals surface area contributed by atoms with Crippen LogP contribution in [-0.4, -0.2) is 33.1 Å². The Labute approximate surface area is 145 Å². The number of ether oxygens (including phenoxy) is 3. The SMILES string of the molecule is COc1cc(NC(=O)c2ccc(NC(C)=O)cc2)cc(OC)c1OC. The lowest BCUT2D eigenvalue weighted by Gasteiger charge is -2.14. The van der Waals surface area contributed by atoms with Crippen LogP contribution in [0.2, 0.25) is 0 Å². The summed E-state index contributed by atoms with van der Waals surface area (Å²) in [6.45, 7) is 1.42. The molecule has 0 aliphatic rings. The molecule has 0 aromatic heterocycles. The van der Waals surface area contributed by atoms with Gasteiger partial charge in [0.1, 0.15) is 0 Å². The molecule has 0 bridgehead atoms. The average molecular weight is 344 g/mol. The molecule has 0 unspecified atom stereocenters. The van der Waals surface area contributed by atoms with Gasteiger partial charge in [-0.25, -0.2) is 0 Å². The molecule has 132 valence electrons. The summed E-state index contributed by atoms with van der Waals surface area (Å²) in [5.41, 5.74) is 1.57. The van der Waals surface area contributed by atoms with Crippen LogP contribution in [0.25, 0.3) is 0 Å². The Morgan fingerprint density at radius 3 is 1.80 bits per heavy atom. The zero-order chi connectivity index (χ0) is 18.4. The highest BCUT2D eigenvalue weighted by atomic mass is 16.5. The number of anilines is 2. The van der Waals surface area contributed by atoms with E-state index in [0.717, 1.165) is 0 Å². The molecule has 25 heavy (non-hydrogen) atoms. The lowest BCUT2D eigenvalue weighted by molar-refractivity contribution is -0.114. The van der Waals surface area contributed by atoms with Crippen LogP contribution in [0, 0.1) is 0 Å². The summed E-state index contributed by atoms with van der Waals surface area (Å²) in [6.07, 6.45) is 0. The predicted molar refractivity (Wildman–Crippen MR) is 94.8 cm³/mol. The van der Waals surface area contributed by atoms with Crippen molar-refractivity contribution in [3.05, 3.63) is 42.0 Å². The molecule has 0 radical (unpaired) electrons. The van der Waals surface area contributed by atoms with Crippen LogP contribution in [0.5, 0.6) is 17.2 Å². The van der Waals surface area contributed by atoms with Crippen molar-refractivity contribution >= 4 is 23.2 Å². The average Bonchev–Trinajstić information content (AvgIpc) is 2.60. The zero-order valence-corrected chi connectivity index (χ0v) is 14.5. The van der Waals surface area contributed by atoms with Crippen LogP contribution >= 0.6 is 0 Å². The summed E-state index contributed by atoms with van der Waals surface area (Å²) in [4.78, 5) is 23.4. The molecule has 2 aromatic carbocycles. The van der Waals surface area contributed by atoms with E-state index in [9.17, 15) is 9.59 Å². The van der Waals surface area contributed by atoms with Gasteiger partial charge < -0.3 is 24.8 Å². The van der Waals surface area contributed by atoms with E-state index in [0.29, 0.717) is 34.2 Å². The number of nitrogens with one attached hydrogen (secondary N) is 2. The Morgan fingerprint density at radius 2 is 1.36 bits per heavy atom. The predicted octanol–water partition coefficient (Wildman–Crippen LogP) is 2.92. The molecular weight excluding hydrogens is 324 g/mol. The number of methoxy groups -OCH3 is 3. The molecule has 0 heterocycles. The van der Waals surface area contributed by atoms with Crippen molar-refractivity contribution in [2.24, 2.45) is 0 Å². The smallest absolute Gasteiger partial charge is 0.255 e. The molecular formula is C18H20N2O5. The third kappa shape index (κ3) is 4.41. The van der Waals surface area contributed by atoms with Crippen molar-refractivity contribution in [1.29, 1.82) is 0 Å². The fourth-order valence-corrected chi connectivity index (χ4v) is 2.26. The molecule has 2 rings (SSSR count). The van der Waals surface area contributed by atoms with E-state index >= 15 is 0 Å². The van der Waals surface area contributed by atoms with Gasteiger partial charge in [0.2, 0.25) is 11.7 Å². The van der Waals surface area contributed by atoms with Crippen LogP contribution in [0.4, 0.5) is 11.4 Å². The number of hydrogen-bond donors (Lipinski definition) is 2. The van der Waals surface area contributed by atoms with Gasteiger partial charge in [-0.3, -0.25) is 9.59 Å². The lowest BCUT2D eigenvalue weighted by atomic mass is 10.2. The molecule has 0 spiro atoms. The monoisotopic (exact) mass is 344 g/mol. The van der Waals surface area contributed by atoms with E-state index in [1.165, 1.54) is 28.3 Å². The minimum atomic E-state index is -0.302. The third-order valence-electron chi connectivity index (χ3n) is 3.39. The van der Waals surface area contributed by atoms with E-state index in [4.69, 9.17) is 14.2 Å². The number of hydrogen-bond acceptors (Lipinski definition) is 5. The van der Waals surface area contributed by atoms with Crippen LogP contribution in [0.1, 0.15) is 17.3 Å². The fraction of sp³-hybridized carbons (Fsp3) is 0.222. The highest BCUT2D eigenvalue weighted by molar-refractivity contribution is 6.05. The van der Waals surface area contributed by atoms with Crippen molar-refractivity contribution in [3.8, 4) is 17.2 Å². The first-order chi connectivity index (χ1) is 12.0. The Kier molecular flexibility index (Phi) is 5.84. The molecule has 0 saturated heterocycles. The summed E-state index contributed by atoms with van der Waals surface area (Å²) in [7, 11) is 4.52. The molecule has 0 aliphatic carbocycles. The van der Waals surface area contributed by atoms with Crippen LogP contribution in [0.3, 0.4) is 0 Å². The molecule has 0 aliphatic heterocycles. The summed E-state index contributed by atoms with van der Waals surface area (Å²) in [5, 5.41) is 5.42. The quantitative estimate of drug-likeness (QED) is 0.841. The van der Waals surface area contributed by atoms with E-state index in [2.05, 4.69) is 10.6 Å². The summed E-state index contributed by atoms with van der Waals surface area (Å²) >= 11 is 0. The lowest BCUT2D eigenvalue weighted by Crippen LogP contribution is -2.12. The standard InChI is InChI=1S/C18H20N2O5/c1-11(21)19-13-7-5-12(6-8-13)18(22)20-14-9-15(23-2)17(25-4)16(10-14)24-3/h5-10H,1-4H3,(H,19,21)(H,20,22). The first-order valence-electron chi connectivity index (χ1n) is 7.47. The van der Waals surface area contributed by atoms with Gasteiger partial charge in [-0.1, -0.05) is 0 Å². The zero-order valence-electron chi connectivity index (χ0n) is 14.5. The molecule has 0 fully saturated rings. The van der Waals surface area contributed by atoms with E-state index < -0.39 is 0 Å². The molecule has 7 heteroatoms. The van der Waals surface area contributed by atoms with Crippen molar-refractivity contribution in [1.82, 2.24) is 0 Å². The first kappa shape index (κ1) is 18.1. The van der Waals surface area contributed by atoms with Gasteiger partial charge in [0.05, 0.1) is 21.3 Å². The number of benzene rings is 2. The molecule has 0 saturated carbocycles. The molecule has 2 amide bonds. The van der Waals surface area contributed by atoms with Crippen LogP contribution in [-0.2, 0) is 4.79 Å². The molecule has 0 atom stereocenters.